The molecule has 0 spiro atoms. The van der Waals surface area contributed by atoms with E-state index in [1.54, 1.807) is 13.0 Å². The number of aliphatic hydroxyl groups excluding tert-OH is 1. The van der Waals surface area contributed by atoms with Crippen molar-refractivity contribution in [2.45, 2.75) is 37.8 Å². The number of benzene rings is 1. The highest BCUT2D eigenvalue weighted by Gasteiger charge is 2.38. The van der Waals surface area contributed by atoms with Gasteiger partial charge in [0.25, 0.3) is 0 Å². The SMILES string of the molecule is CC(O)c1cccc(C2(N=C=O)CCC2)c1. The van der Waals surface area contributed by atoms with Crippen molar-refractivity contribution >= 4 is 6.08 Å². The van der Waals surface area contributed by atoms with Crippen LogP contribution in [0.4, 0.5) is 0 Å². The topological polar surface area (TPSA) is 49.7 Å². The normalized spacial score (nSPS) is 19.4. The summed E-state index contributed by atoms with van der Waals surface area (Å²) in [5.41, 5.74) is 1.51. The molecule has 1 atom stereocenters. The lowest BCUT2D eigenvalue weighted by molar-refractivity contribution is 0.198. The minimum Gasteiger partial charge on any atom is -0.389 e. The standard InChI is InChI=1S/C13H15NO2/c1-10(16)11-4-2-5-12(8-11)13(14-9-15)6-3-7-13/h2,4-5,8,10,16H,3,6-7H2,1H3. The van der Waals surface area contributed by atoms with E-state index in [0.717, 1.165) is 30.4 Å². The summed E-state index contributed by atoms with van der Waals surface area (Å²) in [6.07, 6.45) is 4.06. The van der Waals surface area contributed by atoms with Gasteiger partial charge in [0, 0.05) is 0 Å². The molecule has 3 heteroatoms. The molecule has 1 N–H and O–H groups in total. The molecule has 0 amide bonds. The Balaban J connectivity index is 2.39. The van der Waals surface area contributed by atoms with Gasteiger partial charge >= 0.3 is 0 Å². The number of nitrogens with zero attached hydrogens (tertiary/aromatic N) is 1. The molecule has 1 aromatic rings. The molecular weight excluding hydrogens is 202 g/mol. The maximum absolute atomic E-state index is 10.5. The average molecular weight is 217 g/mol. The van der Waals surface area contributed by atoms with E-state index in [-0.39, 0.29) is 5.54 Å². The summed E-state index contributed by atoms with van der Waals surface area (Å²) < 4.78 is 0. The van der Waals surface area contributed by atoms with Gasteiger partial charge in [0.05, 0.1) is 11.6 Å². The fraction of sp³-hybridized carbons (Fsp3) is 0.462. The first kappa shape index (κ1) is 11.1. The highest BCUT2D eigenvalue weighted by atomic mass is 16.3. The Morgan fingerprint density at radius 1 is 1.50 bits per heavy atom. The summed E-state index contributed by atoms with van der Waals surface area (Å²) in [5, 5.41) is 9.53. The van der Waals surface area contributed by atoms with Crippen molar-refractivity contribution < 1.29 is 9.90 Å². The summed E-state index contributed by atoms with van der Waals surface area (Å²) in [7, 11) is 0. The largest absolute Gasteiger partial charge is 0.389 e. The van der Waals surface area contributed by atoms with E-state index < -0.39 is 6.10 Å². The van der Waals surface area contributed by atoms with Crippen LogP contribution in [0.25, 0.3) is 0 Å². The molecule has 1 unspecified atom stereocenters. The van der Waals surface area contributed by atoms with Crippen molar-refractivity contribution in [3.63, 3.8) is 0 Å². The third-order valence-corrected chi connectivity index (χ3v) is 3.35. The molecular formula is C13H15NO2. The van der Waals surface area contributed by atoms with Crippen molar-refractivity contribution in [2.24, 2.45) is 4.99 Å². The number of rotatable bonds is 3. The van der Waals surface area contributed by atoms with Crippen molar-refractivity contribution in [2.75, 3.05) is 0 Å². The second-order valence-corrected chi connectivity index (χ2v) is 4.39. The van der Waals surface area contributed by atoms with E-state index in [1.165, 1.54) is 0 Å². The Labute approximate surface area is 94.8 Å². The van der Waals surface area contributed by atoms with Gasteiger partial charge in [-0.3, -0.25) is 0 Å². The Hall–Kier alpha value is -1.44. The van der Waals surface area contributed by atoms with Crippen LogP contribution in [0.2, 0.25) is 0 Å². The van der Waals surface area contributed by atoms with Gasteiger partial charge in [0.1, 0.15) is 0 Å². The molecule has 1 fully saturated rings. The predicted octanol–water partition coefficient (Wildman–Crippen LogP) is 2.45. The van der Waals surface area contributed by atoms with E-state index in [2.05, 4.69) is 4.99 Å². The Morgan fingerprint density at radius 2 is 2.25 bits per heavy atom. The number of isocyanates is 1. The molecule has 1 saturated carbocycles. The van der Waals surface area contributed by atoms with Crippen LogP contribution in [0.15, 0.2) is 29.3 Å². The Bertz CT molecular complexity index is 429. The zero-order chi connectivity index (χ0) is 11.6. The Morgan fingerprint density at radius 3 is 2.75 bits per heavy atom. The van der Waals surface area contributed by atoms with Crippen molar-refractivity contribution in [3.05, 3.63) is 35.4 Å². The molecule has 0 saturated heterocycles. The number of aliphatic hydroxyl groups is 1. The lowest BCUT2D eigenvalue weighted by Crippen LogP contribution is -2.31. The predicted molar refractivity (Wildman–Crippen MR) is 60.7 cm³/mol. The van der Waals surface area contributed by atoms with E-state index >= 15 is 0 Å². The second-order valence-electron chi connectivity index (χ2n) is 4.39. The number of carbonyl (C=O) groups excluding carboxylic acids is 1. The highest BCUT2D eigenvalue weighted by molar-refractivity contribution is 5.40. The molecule has 3 nitrogen and oxygen atoms in total. The fourth-order valence-corrected chi connectivity index (χ4v) is 2.15. The second kappa shape index (κ2) is 4.20. The van der Waals surface area contributed by atoms with Crippen LogP contribution in [0.1, 0.15) is 43.4 Å². The smallest absolute Gasteiger partial charge is 0.235 e. The quantitative estimate of drug-likeness (QED) is 0.624. The molecule has 16 heavy (non-hydrogen) atoms. The summed E-state index contributed by atoms with van der Waals surface area (Å²) >= 11 is 0. The first-order valence-corrected chi connectivity index (χ1v) is 5.55. The van der Waals surface area contributed by atoms with Crippen molar-refractivity contribution in [1.29, 1.82) is 0 Å². The van der Waals surface area contributed by atoms with Crippen LogP contribution in [0.3, 0.4) is 0 Å². The van der Waals surface area contributed by atoms with Gasteiger partial charge in [-0.1, -0.05) is 24.3 Å². The summed E-state index contributed by atoms with van der Waals surface area (Å²) in [6, 6.07) is 7.68. The summed E-state index contributed by atoms with van der Waals surface area (Å²) in [6.45, 7) is 1.73. The molecule has 0 aliphatic heterocycles. The lowest BCUT2D eigenvalue weighted by atomic mass is 9.72. The maximum Gasteiger partial charge on any atom is 0.235 e. The maximum atomic E-state index is 10.5. The highest BCUT2D eigenvalue weighted by Crippen LogP contribution is 2.45. The van der Waals surface area contributed by atoms with Crippen LogP contribution in [0, 0.1) is 0 Å². The van der Waals surface area contributed by atoms with Gasteiger partial charge in [-0.25, -0.2) is 4.79 Å². The van der Waals surface area contributed by atoms with Gasteiger partial charge in [0.2, 0.25) is 6.08 Å². The molecule has 0 heterocycles. The first-order valence-electron chi connectivity index (χ1n) is 5.55. The van der Waals surface area contributed by atoms with E-state index in [1.807, 2.05) is 24.3 Å². The Kier molecular flexibility index (Phi) is 2.90. The van der Waals surface area contributed by atoms with E-state index in [4.69, 9.17) is 0 Å². The van der Waals surface area contributed by atoms with Gasteiger partial charge in [-0.15, -0.1) is 0 Å². The first-order chi connectivity index (χ1) is 7.68. The van der Waals surface area contributed by atoms with Crippen LogP contribution in [-0.4, -0.2) is 11.2 Å². The van der Waals surface area contributed by atoms with Crippen LogP contribution in [0.5, 0.6) is 0 Å². The van der Waals surface area contributed by atoms with Crippen LogP contribution in [-0.2, 0) is 10.3 Å². The molecule has 0 aromatic heterocycles. The molecule has 1 aromatic carbocycles. The molecule has 0 bridgehead atoms. The fourth-order valence-electron chi connectivity index (χ4n) is 2.15. The minimum absolute atomic E-state index is 0.368. The van der Waals surface area contributed by atoms with E-state index in [0.29, 0.717) is 0 Å². The van der Waals surface area contributed by atoms with Gasteiger partial charge in [-0.2, -0.15) is 4.99 Å². The van der Waals surface area contributed by atoms with E-state index in [9.17, 15) is 9.90 Å². The molecule has 1 aliphatic carbocycles. The summed E-state index contributed by atoms with van der Waals surface area (Å²) in [4.78, 5) is 14.4. The number of aliphatic imine (C=N–C) groups is 1. The molecule has 1 aliphatic rings. The summed E-state index contributed by atoms with van der Waals surface area (Å²) in [5.74, 6) is 0. The molecule has 2 rings (SSSR count). The number of hydrogen-bond donors (Lipinski definition) is 1. The zero-order valence-electron chi connectivity index (χ0n) is 9.31. The lowest BCUT2D eigenvalue weighted by Gasteiger charge is -2.37. The van der Waals surface area contributed by atoms with Crippen LogP contribution < -0.4 is 0 Å². The van der Waals surface area contributed by atoms with Gasteiger partial charge in [-0.05, 0) is 37.3 Å². The van der Waals surface area contributed by atoms with Crippen molar-refractivity contribution in [1.82, 2.24) is 0 Å². The van der Waals surface area contributed by atoms with Crippen molar-refractivity contribution in [3.8, 4) is 0 Å². The molecule has 0 radical (unpaired) electrons. The molecule has 84 valence electrons. The third kappa shape index (κ3) is 1.80. The van der Waals surface area contributed by atoms with Gasteiger partial charge in [0.15, 0.2) is 0 Å². The number of hydrogen-bond acceptors (Lipinski definition) is 3. The average Bonchev–Trinajstić information content (AvgIpc) is 2.23. The van der Waals surface area contributed by atoms with Gasteiger partial charge < -0.3 is 5.11 Å². The minimum atomic E-state index is -0.489. The van der Waals surface area contributed by atoms with Crippen LogP contribution >= 0.6 is 0 Å². The third-order valence-electron chi connectivity index (χ3n) is 3.35. The monoisotopic (exact) mass is 217 g/mol. The zero-order valence-corrected chi connectivity index (χ0v) is 9.31.